The van der Waals surface area contributed by atoms with Gasteiger partial charge in [0, 0.05) is 48.4 Å². The van der Waals surface area contributed by atoms with E-state index in [4.69, 9.17) is 10.5 Å². The van der Waals surface area contributed by atoms with Gasteiger partial charge in [-0.3, -0.25) is 19.5 Å². The van der Waals surface area contributed by atoms with Crippen molar-refractivity contribution in [1.29, 1.82) is 0 Å². The van der Waals surface area contributed by atoms with Crippen molar-refractivity contribution in [3.63, 3.8) is 0 Å². The highest BCUT2D eigenvalue weighted by Crippen LogP contribution is 2.21. The van der Waals surface area contributed by atoms with E-state index in [0.29, 0.717) is 31.0 Å². The SMILES string of the molecule is CCN1CCN([C@](O)(CNC(=O)c2ccc(OCc3cc(C)nc4ccccc34)cc2)C(N)=O)CC1. The summed E-state index contributed by atoms with van der Waals surface area (Å²) in [6, 6.07) is 16.7. The summed E-state index contributed by atoms with van der Waals surface area (Å²) in [5, 5.41) is 14.7. The van der Waals surface area contributed by atoms with E-state index in [9.17, 15) is 14.7 Å². The van der Waals surface area contributed by atoms with Crippen LogP contribution in [0.15, 0.2) is 54.6 Å². The predicted molar refractivity (Wildman–Crippen MR) is 137 cm³/mol. The molecule has 4 N–H and O–H groups in total. The monoisotopic (exact) mass is 491 g/mol. The van der Waals surface area contributed by atoms with Crippen molar-refractivity contribution in [2.75, 3.05) is 39.3 Å². The van der Waals surface area contributed by atoms with E-state index < -0.39 is 17.5 Å². The molecular weight excluding hydrogens is 458 g/mol. The van der Waals surface area contributed by atoms with Gasteiger partial charge >= 0.3 is 0 Å². The number of fused-ring (bicyclic) bond motifs is 1. The molecule has 9 heteroatoms. The van der Waals surface area contributed by atoms with Crippen molar-refractivity contribution in [3.8, 4) is 5.75 Å². The number of aromatic nitrogens is 1. The van der Waals surface area contributed by atoms with Gasteiger partial charge in [-0.1, -0.05) is 25.1 Å². The van der Waals surface area contributed by atoms with E-state index in [2.05, 4.69) is 22.1 Å². The Bertz CT molecular complexity index is 1220. The van der Waals surface area contributed by atoms with E-state index >= 15 is 0 Å². The van der Waals surface area contributed by atoms with Crippen LogP contribution in [0, 0.1) is 6.92 Å². The van der Waals surface area contributed by atoms with Crippen molar-refractivity contribution in [2.24, 2.45) is 5.73 Å². The maximum Gasteiger partial charge on any atom is 0.266 e. The van der Waals surface area contributed by atoms with Crippen LogP contribution in [-0.2, 0) is 11.4 Å². The number of piperazine rings is 1. The summed E-state index contributed by atoms with van der Waals surface area (Å²) < 4.78 is 5.96. The molecule has 1 aliphatic rings. The summed E-state index contributed by atoms with van der Waals surface area (Å²) in [7, 11) is 0. The molecule has 1 atom stereocenters. The summed E-state index contributed by atoms with van der Waals surface area (Å²) in [5.41, 5.74) is 6.84. The van der Waals surface area contributed by atoms with Crippen LogP contribution >= 0.6 is 0 Å². The largest absolute Gasteiger partial charge is 0.489 e. The highest BCUT2D eigenvalue weighted by molar-refractivity contribution is 5.95. The molecule has 2 heterocycles. The number of aryl methyl sites for hydroxylation is 1. The van der Waals surface area contributed by atoms with Gasteiger partial charge in [-0.05, 0) is 49.9 Å². The predicted octanol–water partition coefficient (Wildman–Crippen LogP) is 1.66. The number of nitrogens with zero attached hydrogens (tertiary/aromatic N) is 3. The second-order valence-corrected chi connectivity index (χ2v) is 9.04. The average Bonchev–Trinajstić information content (AvgIpc) is 2.90. The smallest absolute Gasteiger partial charge is 0.266 e. The van der Waals surface area contributed by atoms with Crippen LogP contribution in [0.4, 0.5) is 0 Å². The topological polar surface area (TPSA) is 121 Å². The molecule has 9 nitrogen and oxygen atoms in total. The van der Waals surface area contributed by atoms with Crippen LogP contribution < -0.4 is 15.8 Å². The third-order valence-corrected chi connectivity index (χ3v) is 6.67. The number of nitrogens with one attached hydrogen (secondary N) is 1. The number of carbonyl (C=O) groups is 2. The highest BCUT2D eigenvalue weighted by atomic mass is 16.5. The maximum absolute atomic E-state index is 12.7. The summed E-state index contributed by atoms with van der Waals surface area (Å²) in [5.74, 6) is -0.674. The first-order valence-corrected chi connectivity index (χ1v) is 12.2. The maximum atomic E-state index is 12.7. The van der Waals surface area contributed by atoms with Crippen molar-refractivity contribution in [2.45, 2.75) is 26.2 Å². The fourth-order valence-corrected chi connectivity index (χ4v) is 4.47. The van der Waals surface area contributed by atoms with Crippen LogP contribution in [0.5, 0.6) is 5.75 Å². The zero-order valence-corrected chi connectivity index (χ0v) is 20.7. The minimum absolute atomic E-state index is 0.292. The summed E-state index contributed by atoms with van der Waals surface area (Å²) >= 11 is 0. The van der Waals surface area contributed by atoms with E-state index in [1.807, 2.05) is 37.3 Å². The van der Waals surface area contributed by atoms with Gasteiger partial charge in [0.05, 0.1) is 12.1 Å². The number of hydrogen-bond donors (Lipinski definition) is 3. The lowest BCUT2D eigenvalue weighted by Crippen LogP contribution is -2.66. The first-order chi connectivity index (χ1) is 17.3. The molecule has 3 aromatic rings. The Kier molecular flexibility index (Phi) is 7.83. The van der Waals surface area contributed by atoms with Crippen LogP contribution in [-0.4, -0.2) is 76.7 Å². The Hall–Kier alpha value is -3.53. The number of nitrogens with two attached hydrogens (primary N) is 1. The number of amides is 2. The van der Waals surface area contributed by atoms with Gasteiger partial charge < -0.3 is 25.8 Å². The van der Waals surface area contributed by atoms with Crippen molar-refractivity contribution in [1.82, 2.24) is 20.1 Å². The number of rotatable bonds is 9. The van der Waals surface area contributed by atoms with Gasteiger partial charge in [-0.15, -0.1) is 0 Å². The van der Waals surface area contributed by atoms with Gasteiger partial charge in [0.1, 0.15) is 12.4 Å². The standard InChI is InChI=1S/C27H33N5O4/c1-3-31-12-14-32(15-13-31)27(35,26(28)34)18-29-25(33)20-8-10-22(11-9-20)36-17-21-16-19(2)30-24-7-5-4-6-23(21)24/h4-11,16,35H,3,12-15,17-18H2,1-2H3,(H2,28,34)(H,29,33)/t27-/m0/s1. The minimum atomic E-state index is -1.94. The number of likely N-dealkylation sites (N-methyl/N-ethyl adjacent to an activating group) is 1. The molecule has 0 aliphatic carbocycles. The number of carbonyl (C=O) groups excluding carboxylic acids is 2. The molecule has 1 saturated heterocycles. The number of ether oxygens (including phenoxy) is 1. The number of para-hydroxylation sites is 1. The average molecular weight is 492 g/mol. The normalized spacial score (nSPS) is 16.4. The molecule has 1 fully saturated rings. The van der Waals surface area contributed by atoms with Crippen LogP contribution in [0.1, 0.15) is 28.5 Å². The van der Waals surface area contributed by atoms with E-state index in [1.54, 1.807) is 29.2 Å². The molecule has 190 valence electrons. The molecule has 0 bridgehead atoms. The fourth-order valence-electron chi connectivity index (χ4n) is 4.47. The van der Waals surface area contributed by atoms with E-state index in [0.717, 1.165) is 41.8 Å². The number of hydrogen-bond acceptors (Lipinski definition) is 7. The van der Waals surface area contributed by atoms with E-state index in [1.165, 1.54) is 0 Å². The van der Waals surface area contributed by atoms with Gasteiger partial charge in [0.2, 0.25) is 5.72 Å². The molecule has 2 amide bonds. The third kappa shape index (κ3) is 5.64. The second-order valence-electron chi connectivity index (χ2n) is 9.04. The number of pyridine rings is 1. The summed E-state index contributed by atoms with van der Waals surface area (Å²) in [6.07, 6.45) is 0. The molecule has 0 saturated carbocycles. The molecule has 4 rings (SSSR count). The van der Waals surface area contributed by atoms with Gasteiger partial charge in [-0.25, -0.2) is 0 Å². The Labute approximate surface area is 210 Å². The van der Waals surface area contributed by atoms with E-state index in [-0.39, 0.29) is 6.54 Å². The summed E-state index contributed by atoms with van der Waals surface area (Å²) in [6.45, 7) is 7.41. The Morgan fingerprint density at radius 3 is 2.47 bits per heavy atom. The lowest BCUT2D eigenvalue weighted by Gasteiger charge is -2.42. The van der Waals surface area contributed by atoms with Crippen LogP contribution in [0.3, 0.4) is 0 Å². The first-order valence-electron chi connectivity index (χ1n) is 12.2. The molecule has 0 unspecified atom stereocenters. The van der Waals surface area contributed by atoms with Gasteiger partial charge in [0.25, 0.3) is 11.8 Å². The lowest BCUT2D eigenvalue weighted by atomic mass is 10.1. The molecule has 2 aromatic carbocycles. The van der Waals surface area contributed by atoms with Crippen LogP contribution in [0.25, 0.3) is 10.9 Å². The van der Waals surface area contributed by atoms with Crippen molar-refractivity contribution >= 4 is 22.7 Å². The second kappa shape index (κ2) is 11.0. The lowest BCUT2D eigenvalue weighted by molar-refractivity contribution is -0.163. The van der Waals surface area contributed by atoms with Crippen molar-refractivity contribution < 1.29 is 19.4 Å². The molecule has 1 aliphatic heterocycles. The summed E-state index contributed by atoms with van der Waals surface area (Å²) in [4.78, 5) is 33.2. The third-order valence-electron chi connectivity index (χ3n) is 6.67. The van der Waals surface area contributed by atoms with Crippen LogP contribution in [0.2, 0.25) is 0 Å². The number of aliphatic hydroxyl groups is 1. The molecular formula is C27H33N5O4. The molecule has 1 aromatic heterocycles. The number of primary amides is 1. The molecule has 36 heavy (non-hydrogen) atoms. The van der Waals surface area contributed by atoms with Gasteiger partial charge in [0.15, 0.2) is 0 Å². The van der Waals surface area contributed by atoms with Crippen molar-refractivity contribution in [3.05, 3.63) is 71.4 Å². The van der Waals surface area contributed by atoms with Gasteiger partial charge in [-0.2, -0.15) is 0 Å². The zero-order valence-electron chi connectivity index (χ0n) is 20.7. The minimum Gasteiger partial charge on any atom is -0.489 e. The molecule has 0 radical (unpaired) electrons. The Morgan fingerprint density at radius 2 is 1.81 bits per heavy atom. The Morgan fingerprint density at radius 1 is 1.11 bits per heavy atom. The number of benzene rings is 2. The molecule has 0 spiro atoms. The zero-order chi connectivity index (χ0) is 25.7. The fraction of sp³-hybridized carbons (Fsp3) is 0.370. The first kappa shape index (κ1) is 25.6. The quantitative estimate of drug-likeness (QED) is 0.416. The Balaban J connectivity index is 1.36. The highest BCUT2D eigenvalue weighted by Gasteiger charge is 2.42.